The van der Waals surface area contributed by atoms with Gasteiger partial charge in [0.1, 0.15) is 0 Å². The summed E-state index contributed by atoms with van der Waals surface area (Å²) in [5.41, 5.74) is 17.2. The van der Waals surface area contributed by atoms with Crippen molar-refractivity contribution in [2.75, 3.05) is 0 Å². The van der Waals surface area contributed by atoms with E-state index in [1.54, 1.807) is 5.56 Å². The van der Waals surface area contributed by atoms with E-state index in [2.05, 4.69) is 200 Å². The van der Waals surface area contributed by atoms with Crippen LogP contribution in [0.3, 0.4) is 0 Å². The molecule has 1 aromatic heterocycles. The number of rotatable bonds is 4. The summed E-state index contributed by atoms with van der Waals surface area (Å²) in [4.78, 5) is 1.45. The van der Waals surface area contributed by atoms with Crippen LogP contribution in [-0.4, -0.2) is 9.82 Å². The zero-order chi connectivity index (χ0) is 37.8. The maximum atomic E-state index is 2.52. The van der Waals surface area contributed by atoms with Gasteiger partial charge in [-0.25, -0.2) is 0 Å². The molecule has 4 aliphatic rings. The molecule has 2 heteroatoms. The maximum Gasteiger partial charge on any atom is 0.0541 e. The Hall–Kier alpha value is -6.09. The lowest BCUT2D eigenvalue weighted by Gasteiger charge is -2.27. The fourth-order valence-electron chi connectivity index (χ4n) is 10.5. The standard InChI is InChI=1S/C55H41NS/c1-55(2)48-33-40(25-26-43(48)44-27-30-52-53(54(44)55)45-16-8-9-18-51(45)57-52)56-49-28-23-38(34-11-4-3-5-12-34)31-46(49)47-32-39(24-29-50(47)56)35-19-21-37(22-20-35)42-17-10-14-36-13-6-7-15-41(36)42/h3-11,13-34,45,51H,12H2,1-2H3. The molecule has 2 heterocycles. The van der Waals surface area contributed by atoms with Crippen LogP contribution < -0.4 is 0 Å². The number of hydrogen-bond donors (Lipinski definition) is 0. The molecule has 3 atom stereocenters. The number of allylic oxidation sites excluding steroid dienone is 7. The normalized spacial score (nSPS) is 19.6. The van der Waals surface area contributed by atoms with E-state index in [-0.39, 0.29) is 5.41 Å². The molecule has 1 nitrogen and oxygen atoms in total. The summed E-state index contributed by atoms with van der Waals surface area (Å²) in [6.45, 7) is 4.90. The number of fused-ring (bicyclic) bond motifs is 11. The lowest BCUT2D eigenvalue weighted by atomic mass is 9.76. The first-order chi connectivity index (χ1) is 28.0. The predicted octanol–water partition coefficient (Wildman–Crippen LogP) is 14.9. The van der Waals surface area contributed by atoms with Crippen LogP contribution in [0.4, 0.5) is 0 Å². The smallest absolute Gasteiger partial charge is 0.0541 e. The van der Waals surface area contributed by atoms with Gasteiger partial charge in [0, 0.05) is 43.9 Å². The van der Waals surface area contributed by atoms with Gasteiger partial charge in [-0.2, -0.15) is 0 Å². The molecule has 12 rings (SSSR count). The highest BCUT2D eigenvalue weighted by Gasteiger charge is 2.43. The van der Waals surface area contributed by atoms with Crippen molar-refractivity contribution in [1.29, 1.82) is 0 Å². The van der Waals surface area contributed by atoms with Crippen LogP contribution in [0.1, 0.15) is 54.4 Å². The third-order valence-electron chi connectivity index (χ3n) is 13.3. The van der Waals surface area contributed by atoms with Crippen LogP contribution >= 0.6 is 11.8 Å². The van der Waals surface area contributed by atoms with Gasteiger partial charge in [-0.05, 0) is 115 Å². The van der Waals surface area contributed by atoms with Crippen molar-refractivity contribution in [2.24, 2.45) is 0 Å². The van der Waals surface area contributed by atoms with Gasteiger partial charge in [-0.15, -0.1) is 11.8 Å². The first kappa shape index (κ1) is 33.1. The maximum absolute atomic E-state index is 2.52. The summed E-state index contributed by atoms with van der Waals surface area (Å²) in [6.07, 6.45) is 19.3. The van der Waals surface area contributed by atoms with Crippen molar-refractivity contribution in [3.63, 3.8) is 0 Å². The third kappa shape index (κ3) is 4.96. The summed E-state index contributed by atoms with van der Waals surface area (Å²) in [6, 6.07) is 50.7. The fourth-order valence-corrected chi connectivity index (χ4v) is 11.8. The molecule has 0 saturated heterocycles. The molecule has 0 radical (unpaired) electrons. The van der Waals surface area contributed by atoms with E-state index < -0.39 is 0 Å². The molecule has 1 aliphatic heterocycles. The molecule has 0 saturated carbocycles. The van der Waals surface area contributed by atoms with Crippen molar-refractivity contribution >= 4 is 44.3 Å². The molecule has 3 unspecified atom stereocenters. The van der Waals surface area contributed by atoms with Gasteiger partial charge in [0.15, 0.2) is 0 Å². The molecule has 7 aromatic carbocycles. The van der Waals surface area contributed by atoms with E-state index in [1.807, 2.05) is 11.8 Å². The molecular weight excluding hydrogens is 707 g/mol. The van der Waals surface area contributed by atoms with Gasteiger partial charge in [0.25, 0.3) is 0 Å². The number of nitrogens with zero attached hydrogens (tertiary/aromatic N) is 1. The minimum atomic E-state index is -0.116. The van der Waals surface area contributed by atoms with Crippen LogP contribution in [0.15, 0.2) is 187 Å². The quantitative estimate of drug-likeness (QED) is 0.174. The van der Waals surface area contributed by atoms with Crippen molar-refractivity contribution in [1.82, 2.24) is 4.57 Å². The summed E-state index contributed by atoms with van der Waals surface area (Å²) in [5, 5.41) is 5.64. The largest absolute Gasteiger partial charge is 0.309 e. The summed E-state index contributed by atoms with van der Waals surface area (Å²) in [7, 11) is 0. The van der Waals surface area contributed by atoms with Crippen molar-refractivity contribution in [3.8, 4) is 39.1 Å². The molecular formula is C55H41NS. The fraction of sp³-hybridized carbons (Fsp3) is 0.127. The third-order valence-corrected chi connectivity index (χ3v) is 14.6. The number of hydrogen-bond acceptors (Lipinski definition) is 1. The molecule has 0 amide bonds. The van der Waals surface area contributed by atoms with E-state index >= 15 is 0 Å². The van der Waals surface area contributed by atoms with Gasteiger partial charge >= 0.3 is 0 Å². The summed E-state index contributed by atoms with van der Waals surface area (Å²) in [5.74, 6) is 0.818. The number of benzene rings is 7. The Morgan fingerprint density at radius 3 is 2.21 bits per heavy atom. The average molecular weight is 748 g/mol. The van der Waals surface area contributed by atoms with Gasteiger partial charge in [0.2, 0.25) is 0 Å². The second-order valence-electron chi connectivity index (χ2n) is 16.7. The van der Waals surface area contributed by atoms with Crippen LogP contribution in [0.2, 0.25) is 0 Å². The molecule has 57 heavy (non-hydrogen) atoms. The summed E-state index contributed by atoms with van der Waals surface area (Å²) < 4.78 is 2.52. The second kappa shape index (κ2) is 12.5. The molecule has 0 N–H and O–H groups in total. The minimum absolute atomic E-state index is 0.116. The van der Waals surface area contributed by atoms with Crippen LogP contribution in [0, 0.1) is 0 Å². The van der Waals surface area contributed by atoms with Crippen molar-refractivity contribution in [2.45, 2.75) is 47.7 Å². The number of thioether (sulfide) groups is 1. The van der Waals surface area contributed by atoms with E-state index in [1.165, 1.54) is 93.2 Å². The lowest BCUT2D eigenvalue weighted by Crippen LogP contribution is -2.19. The van der Waals surface area contributed by atoms with E-state index in [0.717, 1.165) is 6.42 Å². The monoisotopic (exact) mass is 747 g/mol. The van der Waals surface area contributed by atoms with Crippen molar-refractivity contribution < 1.29 is 0 Å². The van der Waals surface area contributed by atoms with Gasteiger partial charge in [-0.3, -0.25) is 0 Å². The molecule has 0 spiro atoms. The molecule has 8 aromatic rings. The highest BCUT2D eigenvalue weighted by molar-refractivity contribution is 8.00. The minimum Gasteiger partial charge on any atom is -0.309 e. The molecule has 0 fully saturated rings. The topological polar surface area (TPSA) is 4.93 Å². The van der Waals surface area contributed by atoms with Gasteiger partial charge in [-0.1, -0.05) is 153 Å². The molecule has 272 valence electrons. The Labute approximate surface area is 338 Å². The highest BCUT2D eigenvalue weighted by atomic mass is 32.2. The van der Waals surface area contributed by atoms with Crippen molar-refractivity contribution in [3.05, 3.63) is 204 Å². The van der Waals surface area contributed by atoms with E-state index in [0.29, 0.717) is 17.1 Å². The van der Waals surface area contributed by atoms with Gasteiger partial charge in [0.05, 0.1) is 11.0 Å². The zero-order valence-electron chi connectivity index (χ0n) is 32.1. The van der Waals surface area contributed by atoms with E-state index in [4.69, 9.17) is 0 Å². The first-order valence-corrected chi connectivity index (χ1v) is 21.2. The molecule has 3 aliphatic carbocycles. The Balaban J connectivity index is 0.995. The Bertz CT molecular complexity index is 3110. The van der Waals surface area contributed by atoms with Crippen LogP contribution in [0.25, 0.3) is 71.6 Å². The molecule has 0 bridgehead atoms. The van der Waals surface area contributed by atoms with Crippen LogP contribution in [0.5, 0.6) is 0 Å². The first-order valence-electron chi connectivity index (χ1n) is 20.4. The zero-order valence-corrected chi connectivity index (χ0v) is 32.9. The summed E-state index contributed by atoms with van der Waals surface area (Å²) >= 11 is 2.03. The van der Waals surface area contributed by atoms with E-state index in [9.17, 15) is 0 Å². The SMILES string of the molecule is CC1(C)c2cc(-n3c4ccc(-c5ccc(-c6cccc7ccccc67)cc5)cc4c4cc(C5C=CC=CC5)ccc43)ccc2-c2ccc3c(c21)C1C=CC=CC1S3. The second-order valence-corrected chi connectivity index (χ2v) is 18.0. The number of aromatic nitrogens is 1. The Kier molecular flexibility index (Phi) is 7.23. The Morgan fingerprint density at radius 1 is 0.579 bits per heavy atom. The van der Waals surface area contributed by atoms with Crippen LogP contribution in [-0.2, 0) is 5.41 Å². The average Bonchev–Trinajstić information content (AvgIpc) is 3.88. The predicted molar refractivity (Wildman–Crippen MR) is 243 cm³/mol. The Morgan fingerprint density at radius 2 is 1.33 bits per heavy atom. The highest BCUT2D eigenvalue weighted by Crippen LogP contribution is 2.58. The van der Waals surface area contributed by atoms with Gasteiger partial charge < -0.3 is 4.57 Å². The lowest BCUT2D eigenvalue weighted by molar-refractivity contribution is 0.642.